The van der Waals surface area contributed by atoms with Crippen molar-refractivity contribution in [1.82, 2.24) is 0 Å². The van der Waals surface area contributed by atoms with E-state index in [0.29, 0.717) is 13.0 Å². The SMILES string of the molecule is CCOC(=O)CCC(C)OC(C)C. The van der Waals surface area contributed by atoms with Gasteiger partial charge in [-0.2, -0.15) is 0 Å². The van der Waals surface area contributed by atoms with Gasteiger partial charge in [0, 0.05) is 6.42 Å². The first-order chi connectivity index (χ1) is 6.06. The summed E-state index contributed by atoms with van der Waals surface area (Å²) in [6, 6.07) is 0. The highest BCUT2D eigenvalue weighted by molar-refractivity contribution is 5.69. The maximum absolute atomic E-state index is 11.0. The van der Waals surface area contributed by atoms with E-state index in [0.717, 1.165) is 6.42 Å². The van der Waals surface area contributed by atoms with Crippen molar-refractivity contribution in [3.8, 4) is 0 Å². The number of carbonyl (C=O) groups is 1. The molecular weight excluding hydrogens is 168 g/mol. The molecule has 0 N–H and O–H groups in total. The lowest BCUT2D eigenvalue weighted by atomic mass is 10.2. The number of hydrogen-bond donors (Lipinski definition) is 0. The first kappa shape index (κ1) is 12.4. The second-order valence-electron chi connectivity index (χ2n) is 3.34. The average molecular weight is 188 g/mol. The summed E-state index contributed by atoms with van der Waals surface area (Å²) in [7, 11) is 0. The van der Waals surface area contributed by atoms with E-state index < -0.39 is 0 Å². The summed E-state index contributed by atoms with van der Waals surface area (Å²) >= 11 is 0. The Labute approximate surface area is 80.4 Å². The third kappa shape index (κ3) is 7.78. The molecule has 0 amide bonds. The van der Waals surface area contributed by atoms with E-state index in [1.165, 1.54) is 0 Å². The Balaban J connectivity index is 3.45. The van der Waals surface area contributed by atoms with Gasteiger partial charge in [0.15, 0.2) is 0 Å². The molecule has 0 aliphatic rings. The monoisotopic (exact) mass is 188 g/mol. The molecule has 78 valence electrons. The first-order valence-electron chi connectivity index (χ1n) is 4.87. The van der Waals surface area contributed by atoms with Crippen LogP contribution >= 0.6 is 0 Å². The summed E-state index contributed by atoms with van der Waals surface area (Å²) in [5.41, 5.74) is 0. The zero-order valence-corrected chi connectivity index (χ0v) is 9.00. The molecule has 0 aromatic carbocycles. The van der Waals surface area contributed by atoms with Crippen LogP contribution in [0.1, 0.15) is 40.5 Å². The van der Waals surface area contributed by atoms with Crippen molar-refractivity contribution in [2.75, 3.05) is 6.61 Å². The van der Waals surface area contributed by atoms with Crippen molar-refractivity contribution < 1.29 is 14.3 Å². The van der Waals surface area contributed by atoms with Crippen LogP contribution in [0.5, 0.6) is 0 Å². The predicted molar refractivity (Wildman–Crippen MR) is 51.6 cm³/mol. The van der Waals surface area contributed by atoms with E-state index >= 15 is 0 Å². The van der Waals surface area contributed by atoms with Crippen molar-refractivity contribution >= 4 is 5.97 Å². The smallest absolute Gasteiger partial charge is 0.305 e. The molecule has 1 unspecified atom stereocenters. The third-order valence-corrected chi connectivity index (χ3v) is 1.56. The van der Waals surface area contributed by atoms with Gasteiger partial charge in [0.1, 0.15) is 0 Å². The fourth-order valence-corrected chi connectivity index (χ4v) is 1.09. The van der Waals surface area contributed by atoms with Crippen molar-refractivity contribution in [2.24, 2.45) is 0 Å². The Morgan fingerprint density at radius 2 is 1.92 bits per heavy atom. The largest absolute Gasteiger partial charge is 0.466 e. The molecule has 0 fully saturated rings. The molecular formula is C10H20O3. The van der Waals surface area contributed by atoms with E-state index in [4.69, 9.17) is 9.47 Å². The van der Waals surface area contributed by atoms with Gasteiger partial charge in [-0.25, -0.2) is 0 Å². The molecule has 0 bridgehead atoms. The average Bonchev–Trinajstić information content (AvgIpc) is 2.00. The third-order valence-electron chi connectivity index (χ3n) is 1.56. The second-order valence-corrected chi connectivity index (χ2v) is 3.34. The van der Waals surface area contributed by atoms with E-state index in [1.807, 2.05) is 27.7 Å². The van der Waals surface area contributed by atoms with Crippen LogP contribution in [-0.4, -0.2) is 24.8 Å². The van der Waals surface area contributed by atoms with Crippen LogP contribution in [-0.2, 0) is 14.3 Å². The van der Waals surface area contributed by atoms with Crippen LogP contribution in [0, 0.1) is 0 Å². The van der Waals surface area contributed by atoms with Gasteiger partial charge in [-0.05, 0) is 34.1 Å². The molecule has 3 nitrogen and oxygen atoms in total. The second kappa shape index (κ2) is 6.89. The van der Waals surface area contributed by atoms with Gasteiger partial charge in [-0.3, -0.25) is 4.79 Å². The molecule has 0 saturated heterocycles. The fourth-order valence-electron chi connectivity index (χ4n) is 1.09. The lowest BCUT2D eigenvalue weighted by Gasteiger charge is -2.15. The zero-order valence-electron chi connectivity index (χ0n) is 9.00. The molecule has 0 saturated carbocycles. The fraction of sp³-hybridized carbons (Fsp3) is 0.900. The molecule has 0 heterocycles. The van der Waals surface area contributed by atoms with Gasteiger partial charge in [0.2, 0.25) is 0 Å². The van der Waals surface area contributed by atoms with E-state index in [9.17, 15) is 4.79 Å². The summed E-state index contributed by atoms with van der Waals surface area (Å²) in [5, 5.41) is 0. The molecule has 13 heavy (non-hydrogen) atoms. The number of ether oxygens (including phenoxy) is 2. The highest BCUT2D eigenvalue weighted by atomic mass is 16.5. The van der Waals surface area contributed by atoms with E-state index in [-0.39, 0.29) is 18.2 Å². The van der Waals surface area contributed by atoms with E-state index in [2.05, 4.69) is 0 Å². The molecule has 0 aliphatic heterocycles. The van der Waals surface area contributed by atoms with Gasteiger partial charge in [0.25, 0.3) is 0 Å². The topological polar surface area (TPSA) is 35.5 Å². The lowest BCUT2D eigenvalue weighted by Crippen LogP contribution is -2.16. The lowest BCUT2D eigenvalue weighted by molar-refractivity contribution is -0.144. The summed E-state index contributed by atoms with van der Waals surface area (Å²) < 4.78 is 10.3. The highest BCUT2D eigenvalue weighted by Crippen LogP contribution is 2.05. The van der Waals surface area contributed by atoms with Crippen molar-refractivity contribution in [3.63, 3.8) is 0 Å². The Morgan fingerprint density at radius 1 is 1.31 bits per heavy atom. The molecule has 0 aliphatic carbocycles. The van der Waals surface area contributed by atoms with Crippen LogP contribution in [0.15, 0.2) is 0 Å². The van der Waals surface area contributed by atoms with E-state index in [1.54, 1.807) is 0 Å². The molecule has 1 atom stereocenters. The van der Waals surface area contributed by atoms with Crippen LogP contribution in [0.2, 0.25) is 0 Å². The van der Waals surface area contributed by atoms with Gasteiger partial charge in [0.05, 0.1) is 18.8 Å². The summed E-state index contributed by atoms with van der Waals surface area (Å²) in [5.74, 6) is -0.137. The molecule has 0 rings (SSSR count). The quantitative estimate of drug-likeness (QED) is 0.599. The van der Waals surface area contributed by atoms with Gasteiger partial charge >= 0.3 is 5.97 Å². The Hall–Kier alpha value is -0.570. The Morgan fingerprint density at radius 3 is 2.38 bits per heavy atom. The van der Waals surface area contributed by atoms with Crippen LogP contribution < -0.4 is 0 Å². The van der Waals surface area contributed by atoms with Gasteiger partial charge in [-0.1, -0.05) is 0 Å². The molecule has 0 radical (unpaired) electrons. The number of carbonyl (C=O) groups excluding carboxylic acids is 1. The predicted octanol–water partition coefficient (Wildman–Crippen LogP) is 2.14. The normalized spacial score (nSPS) is 13.0. The number of esters is 1. The highest BCUT2D eigenvalue weighted by Gasteiger charge is 2.08. The minimum Gasteiger partial charge on any atom is -0.466 e. The summed E-state index contributed by atoms with van der Waals surface area (Å²) in [6.07, 6.45) is 1.53. The standard InChI is InChI=1S/C10H20O3/c1-5-12-10(11)7-6-9(4)13-8(2)3/h8-9H,5-7H2,1-4H3. The minimum atomic E-state index is -0.137. The molecule has 0 spiro atoms. The van der Waals surface area contributed by atoms with Crippen LogP contribution in [0.3, 0.4) is 0 Å². The number of rotatable bonds is 6. The van der Waals surface area contributed by atoms with Crippen LogP contribution in [0.25, 0.3) is 0 Å². The molecule has 0 aromatic rings. The Kier molecular flexibility index (Phi) is 6.59. The minimum absolute atomic E-state index is 0.129. The number of hydrogen-bond acceptors (Lipinski definition) is 3. The maximum Gasteiger partial charge on any atom is 0.305 e. The molecule has 0 aromatic heterocycles. The van der Waals surface area contributed by atoms with Crippen LogP contribution in [0.4, 0.5) is 0 Å². The van der Waals surface area contributed by atoms with Gasteiger partial charge in [-0.15, -0.1) is 0 Å². The summed E-state index contributed by atoms with van der Waals surface area (Å²) in [6.45, 7) is 8.21. The van der Waals surface area contributed by atoms with Crippen molar-refractivity contribution in [1.29, 1.82) is 0 Å². The zero-order chi connectivity index (χ0) is 10.3. The first-order valence-corrected chi connectivity index (χ1v) is 4.87. The molecule has 3 heteroatoms. The summed E-state index contributed by atoms with van der Waals surface area (Å²) in [4.78, 5) is 11.0. The van der Waals surface area contributed by atoms with Crippen molar-refractivity contribution in [3.05, 3.63) is 0 Å². The van der Waals surface area contributed by atoms with Gasteiger partial charge < -0.3 is 9.47 Å². The maximum atomic E-state index is 11.0. The van der Waals surface area contributed by atoms with Crippen molar-refractivity contribution in [2.45, 2.75) is 52.7 Å². The Bertz CT molecular complexity index is 143.